The van der Waals surface area contributed by atoms with Gasteiger partial charge in [-0.15, -0.1) is 0 Å². The molecule has 0 aliphatic carbocycles. The molecule has 0 saturated heterocycles. The molecule has 350 valence electrons. The van der Waals surface area contributed by atoms with Crippen LogP contribution in [0.3, 0.4) is 0 Å². The lowest BCUT2D eigenvalue weighted by Gasteiger charge is -2.01. The number of benzene rings is 5. The molecule has 65 heavy (non-hydrogen) atoms. The smallest absolute Gasteiger partial charge is 0.252 e. The van der Waals surface area contributed by atoms with E-state index in [0.717, 1.165) is 38.5 Å². The average Bonchev–Trinajstić information content (AvgIpc) is 3.31. The fraction of sp³-hybridized carbons (Fsp3) is 0.364. The van der Waals surface area contributed by atoms with E-state index in [4.69, 9.17) is 58.0 Å². The Balaban J connectivity index is 0.000000408. The Morgan fingerprint density at radius 2 is 0.508 bits per heavy atom. The lowest BCUT2D eigenvalue weighted by atomic mass is 10.1. The summed E-state index contributed by atoms with van der Waals surface area (Å²) in [7, 11) is 0. The summed E-state index contributed by atoms with van der Waals surface area (Å²) in [4.78, 5) is 53.6. The molecule has 0 spiro atoms. The molecule has 5 aromatic carbocycles. The number of carbonyl (C=O) groups is 5. The minimum absolute atomic E-state index is 0.382. The highest BCUT2D eigenvalue weighted by Gasteiger charge is 2.04. The Labute approximate surface area is 413 Å². The molecule has 0 N–H and O–H groups in total. The van der Waals surface area contributed by atoms with Gasteiger partial charge in [-0.1, -0.05) is 140 Å². The number of carbonyl (C=O) groups excluding carboxylic acids is 5. The van der Waals surface area contributed by atoms with Gasteiger partial charge in [-0.05, 0) is 198 Å². The molecule has 5 rings (SSSR count). The Bertz CT molecular complexity index is 2100. The number of hydrogen-bond acceptors (Lipinski definition) is 5. The lowest BCUT2D eigenvalue weighted by molar-refractivity contribution is 0.107. The van der Waals surface area contributed by atoms with Crippen LogP contribution in [0.5, 0.6) is 0 Å². The molecule has 0 bridgehead atoms. The van der Waals surface area contributed by atoms with Gasteiger partial charge in [-0.3, -0.25) is 24.0 Å². The van der Waals surface area contributed by atoms with Crippen LogP contribution < -0.4 is 0 Å². The van der Waals surface area contributed by atoms with Crippen molar-refractivity contribution in [2.75, 3.05) is 0 Å². The monoisotopic (exact) mass is 980 g/mol. The lowest BCUT2D eigenvalue weighted by Crippen LogP contribution is -1.90. The summed E-state index contributed by atoms with van der Waals surface area (Å²) >= 11 is 26.6. The minimum atomic E-state index is -0.396. The van der Waals surface area contributed by atoms with E-state index in [-0.39, 0.29) is 15.7 Å². The SMILES string of the molecule is CCCCCCc1ccc(C(=O)Cl)cc1.CCCCCc1ccc(C(=O)Cl)cc1.CCCCc1ccc(C(=O)Cl)cc1.CCCc1ccc(C(=O)Cl)cc1.CCc1ccc(C(=O)Cl)cc1. The van der Waals surface area contributed by atoms with Gasteiger partial charge < -0.3 is 0 Å². The number of rotatable bonds is 20. The van der Waals surface area contributed by atoms with Crippen LogP contribution in [0, 0.1) is 0 Å². The van der Waals surface area contributed by atoms with Crippen LogP contribution in [0.25, 0.3) is 0 Å². The van der Waals surface area contributed by atoms with E-state index in [0.29, 0.717) is 27.8 Å². The molecule has 0 saturated carbocycles. The molecule has 0 atom stereocenters. The molecule has 5 aromatic rings. The van der Waals surface area contributed by atoms with E-state index in [1.807, 2.05) is 60.7 Å². The summed E-state index contributed by atoms with van der Waals surface area (Å²) in [6.45, 7) is 10.8. The molecule has 0 heterocycles. The molecule has 10 heteroatoms. The van der Waals surface area contributed by atoms with Gasteiger partial charge in [-0.2, -0.15) is 0 Å². The van der Waals surface area contributed by atoms with Gasteiger partial charge in [-0.25, -0.2) is 0 Å². The van der Waals surface area contributed by atoms with E-state index in [1.54, 1.807) is 60.7 Å². The zero-order chi connectivity index (χ0) is 48.4. The predicted molar refractivity (Wildman–Crippen MR) is 276 cm³/mol. The topological polar surface area (TPSA) is 85.3 Å². The molecule has 0 unspecified atom stereocenters. The average molecular weight is 983 g/mol. The van der Waals surface area contributed by atoms with Gasteiger partial charge in [0.2, 0.25) is 0 Å². The van der Waals surface area contributed by atoms with Crippen LogP contribution in [0.15, 0.2) is 121 Å². The Morgan fingerprint density at radius 3 is 0.754 bits per heavy atom. The van der Waals surface area contributed by atoms with Crippen LogP contribution in [-0.4, -0.2) is 26.2 Å². The van der Waals surface area contributed by atoms with E-state index in [2.05, 4.69) is 34.6 Å². The highest BCUT2D eigenvalue weighted by molar-refractivity contribution is 6.69. The molecular weight excluding hydrogens is 918 g/mol. The van der Waals surface area contributed by atoms with Crippen LogP contribution in [0.4, 0.5) is 0 Å². The maximum atomic E-state index is 10.8. The van der Waals surface area contributed by atoms with Crippen molar-refractivity contribution in [1.82, 2.24) is 0 Å². The predicted octanol–water partition coefficient (Wildman–Crippen LogP) is 17.0. The van der Waals surface area contributed by atoms with Crippen LogP contribution >= 0.6 is 58.0 Å². The molecule has 0 fully saturated rings. The summed E-state index contributed by atoms with van der Waals surface area (Å²) in [5.74, 6) is 0. The van der Waals surface area contributed by atoms with Crippen molar-refractivity contribution in [3.8, 4) is 0 Å². The third-order valence-electron chi connectivity index (χ3n) is 10.1. The van der Waals surface area contributed by atoms with E-state index < -0.39 is 10.5 Å². The maximum Gasteiger partial charge on any atom is 0.252 e. The van der Waals surface area contributed by atoms with E-state index >= 15 is 0 Å². The molecular formula is C55H65Cl5O5. The summed E-state index contributed by atoms with van der Waals surface area (Å²) in [5, 5.41) is -1.94. The van der Waals surface area contributed by atoms with Crippen molar-refractivity contribution < 1.29 is 24.0 Å². The highest BCUT2D eigenvalue weighted by Crippen LogP contribution is 2.14. The summed E-state index contributed by atoms with van der Waals surface area (Å²) in [6.07, 6.45) is 17.6. The summed E-state index contributed by atoms with van der Waals surface area (Å²) in [5.41, 5.74) is 9.14. The summed E-state index contributed by atoms with van der Waals surface area (Å²) in [6, 6.07) is 37.3. The summed E-state index contributed by atoms with van der Waals surface area (Å²) < 4.78 is 0. The van der Waals surface area contributed by atoms with Crippen LogP contribution in [0.1, 0.15) is 178 Å². The second-order valence-electron chi connectivity index (χ2n) is 15.3. The third kappa shape index (κ3) is 27.2. The van der Waals surface area contributed by atoms with Crippen LogP contribution in [0.2, 0.25) is 0 Å². The molecule has 0 aliphatic rings. The van der Waals surface area contributed by atoms with Crippen molar-refractivity contribution in [1.29, 1.82) is 0 Å². The Hall–Kier alpha value is -4.10. The fourth-order valence-corrected chi connectivity index (χ4v) is 6.72. The van der Waals surface area contributed by atoms with E-state index in [1.165, 1.54) is 85.6 Å². The Kier molecular flexibility index (Phi) is 32.7. The van der Waals surface area contributed by atoms with Crippen molar-refractivity contribution in [3.63, 3.8) is 0 Å². The number of unbranched alkanes of at least 4 members (excludes halogenated alkanes) is 6. The number of halogens is 5. The van der Waals surface area contributed by atoms with Crippen molar-refractivity contribution >= 4 is 84.2 Å². The standard InChI is InChI=1S/C13H17ClO.C12H15ClO.C11H13ClO.C10H11ClO.C9H9ClO/c1-2-3-4-5-6-11-7-9-12(10-8-11)13(14)15;1-2-3-4-5-10-6-8-11(9-7-10)12(13)14;1-2-3-4-9-5-7-10(8-6-9)11(12)13;1-2-3-8-4-6-9(7-5-8)10(11)12;1-2-7-3-5-8(6-4-7)9(10)11/h7-10H,2-6H2,1H3;6-9H,2-5H2,1H3;5-8H,2-4H2,1H3;4-7H,2-3H2,1H3;3-6H,2H2,1H3. The van der Waals surface area contributed by atoms with E-state index in [9.17, 15) is 24.0 Å². The normalized spacial score (nSPS) is 10.0. The first kappa shape index (κ1) is 58.9. The first-order valence-corrected chi connectivity index (χ1v) is 24.5. The fourth-order valence-electron chi connectivity index (χ4n) is 6.09. The number of aryl methyl sites for hydroxylation is 5. The van der Waals surface area contributed by atoms with Gasteiger partial charge in [0.15, 0.2) is 0 Å². The molecule has 0 aliphatic heterocycles. The zero-order valence-corrected chi connectivity index (χ0v) is 42.4. The first-order chi connectivity index (χ1) is 31.2. The Morgan fingerprint density at radius 1 is 0.277 bits per heavy atom. The maximum absolute atomic E-state index is 10.8. The second-order valence-corrected chi connectivity index (χ2v) is 17.0. The first-order valence-electron chi connectivity index (χ1n) is 22.6. The van der Waals surface area contributed by atoms with Gasteiger partial charge in [0.05, 0.1) is 0 Å². The van der Waals surface area contributed by atoms with Crippen molar-refractivity contribution in [3.05, 3.63) is 177 Å². The highest BCUT2D eigenvalue weighted by atomic mass is 35.5. The van der Waals surface area contributed by atoms with Gasteiger partial charge in [0.25, 0.3) is 26.2 Å². The van der Waals surface area contributed by atoms with Crippen LogP contribution in [-0.2, 0) is 32.1 Å². The molecule has 0 radical (unpaired) electrons. The zero-order valence-electron chi connectivity index (χ0n) is 38.6. The van der Waals surface area contributed by atoms with Gasteiger partial charge in [0.1, 0.15) is 0 Å². The molecule has 0 amide bonds. The van der Waals surface area contributed by atoms with Gasteiger partial charge in [0, 0.05) is 27.8 Å². The molecule has 0 aromatic heterocycles. The van der Waals surface area contributed by atoms with Crippen molar-refractivity contribution in [2.24, 2.45) is 0 Å². The van der Waals surface area contributed by atoms with Crippen molar-refractivity contribution in [2.45, 2.75) is 131 Å². The second kappa shape index (κ2) is 36.1. The quantitative estimate of drug-likeness (QED) is 0.0573. The number of hydrogen-bond donors (Lipinski definition) is 0. The third-order valence-corrected chi connectivity index (χ3v) is 11.1. The largest absolute Gasteiger partial charge is 0.276 e. The molecule has 5 nitrogen and oxygen atoms in total. The van der Waals surface area contributed by atoms with Gasteiger partial charge >= 0.3 is 0 Å². The minimum Gasteiger partial charge on any atom is -0.276 e.